The number of carbonyl (C=O) groups is 1. The van der Waals surface area contributed by atoms with Crippen molar-refractivity contribution in [3.63, 3.8) is 0 Å². The molecule has 0 saturated heterocycles. The molecule has 0 heterocycles. The van der Waals surface area contributed by atoms with Crippen molar-refractivity contribution < 1.29 is 9.90 Å². The molecule has 11 heavy (non-hydrogen) atoms. The highest BCUT2D eigenvalue weighted by Crippen LogP contribution is 1.89. The molecule has 1 unspecified atom stereocenters. The van der Waals surface area contributed by atoms with Crippen molar-refractivity contribution in [2.45, 2.75) is 13.0 Å². The van der Waals surface area contributed by atoms with Gasteiger partial charge in [0.25, 0.3) is 0 Å². The number of carboxylic acid groups (broad SMARTS) is 1. The highest BCUT2D eigenvalue weighted by atomic mass is 35.5. The van der Waals surface area contributed by atoms with E-state index in [1.807, 2.05) is 0 Å². The summed E-state index contributed by atoms with van der Waals surface area (Å²) in [4.78, 5) is 10.2. The Bertz CT molecular complexity index is 144. The van der Waals surface area contributed by atoms with Crippen LogP contribution >= 0.6 is 12.4 Å². The first-order chi connectivity index (χ1) is 4.46. The van der Waals surface area contributed by atoms with Crippen LogP contribution in [0.4, 0.5) is 0 Å². The Kier molecular flexibility index (Phi) is 5.46. The van der Waals surface area contributed by atoms with Crippen LogP contribution in [0.3, 0.4) is 0 Å². The summed E-state index contributed by atoms with van der Waals surface area (Å²) < 4.78 is 0. The van der Waals surface area contributed by atoms with Gasteiger partial charge in [0.2, 0.25) is 5.96 Å². The van der Waals surface area contributed by atoms with E-state index in [0.29, 0.717) is 5.01 Å². The van der Waals surface area contributed by atoms with Crippen LogP contribution in [0.1, 0.15) is 6.92 Å². The Morgan fingerprint density at radius 1 is 1.73 bits per heavy atom. The first kappa shape index (κ1) is 12.6. The van der Waals surface area contributed by atoms with Gasteiger partial charge < -0.3 is 10.8 Å². The zero-order chi connectivity index (χ0) is 8.31. The van der Waals surface area contributed by atoms with Crippen molar-refractivity contribution in [1.29, 1.82) is 5.41 Å². The molecule has 0 aliphatic heterocycles. The predicted molar refractivity (Wildman–Crippen MR) is 42.3 cm³/mol. The minimum atomic E-state index is -1.11. The van der Waals surface area contributed by atoms with Gasteiger partial charge in [0, 0.05) is 0 Å². The maximum absolute atomic E-state index is 10.2. The van der Waals surface area contributed by atoms with E-state index in [0.717, 1.165) is 0 Å². The highest BCUT2D eigenvalue weighted by Gasteiger charge is 2.17. The van der Waals surface area contributed by atoms with Crippen molar-refractivity contribution in [1.82, 2.24) is 5.01 Å². The van der Waals surface area contributed by atoms with Gasteiger partial charge >= 0.3 is 5.97 Å². The molecule has 0 amide bonds. The molecule has 0 rings (SSSR count). The van der Waals surface area contributed by atoms with Crippen LogP contribution in [0.5, 0.6) is 0 Å². The fourth-order valence-corrected chi connectivity index (χ4v) is 0.328. The third-order valence-corrected chi connectivity index (χ3v) is 1.05. The second-order valence-corrected chi connectivity index (χ2v) is 1.81. The lowest BCUT2D eigenvalue weighted by Crippen LogP contribution is -2.50. The Morgan fingerprint density at radius 3 is 2.18 bits per heavy atom. The molecular formula is C4H11ClN4O2. The minimum Gasteiger partial charge on any atom is -0.480 e. The largest absolute Gasteiger partial charge is 0.480 e. The third kappa shape index (κ3) is 3.64. The SMILES string of the molecule is CC(C(=O)O)N(N)C(=N)N.Cl. The lowest BCUT2D eigenvalue weighted by atomic mass is 10.3. The van der Waals surface area contributed by atoms with E-state index in [9.17, 15) is 4.79 Å². The number of hydrogen-bond donors (Lipinski definition) is 4. The molecule has 0 spiro atoms. The lowest BCUT2D eigenvalue weighted by molar-refractivity contribution is -0.141. The summed E-state index contributed by atoms with van der Waals surface area (Å²) in [6.07, 6.45) is 0. The number of hydrogen-bond acceptors (Lipinski definition) is 3. The van der Waals surface area contributed by atoms with Crippen molar-refractivity contribution in [2.24, 2.45) is 11.6 Å². The second-order valence-electron chi connectivity index (χ2n) is 1.81. The van der Waals surface area contributed by atoms with Gasteiger partial charge in [-0.25, -0.2) is 10.6 Å². The standard InChI is InChI=1S/C4H10N4O2.ClH/c1-2(3(9)10)8(7)4(5)6;/h2H,7H2,1H3,(H3,5,6)(H,9,10);1H. The topological polar surface area (TPSA) is 116 Å². The maximum atomic E-state index is 10.2. The van der Waals surface area contributed by atoms with Crippen LogP contribution in [0, 0.1) is 5.41 Å². The van der Waals surface area contributed by atoms with Crippen LogP contribution in [0.2, 0.25) is 0 Å². The van der Waals surface area contributed by atoms with Gasteiger partial charge in [0.05, 0.1) is 0 Å². The summed E-state index contributed by atoms with van der Waals surface area (Å²) >= 11 is 0. The maximum Gasteiger partial charge on any atom is 0.327 e. The monoisotopic (exact) mass is 182 g/mol. The molecular weight excluding hydrogens is 172 g/mol. The zero-order valence-corrected chi connectivity index (χ0v) is 6.76. The van der Waals surface area contributed by atoms with Crippen molar-refractivity contribution >= 4 is 24.3 Å². The van der Waals surface area contributed by atoms with Crippen LogP contribution in [-0.2, 0) is 4.79 Å². The minimum absolute atomic E-state index is 0. The summed E-state index contributed by atoms with van der Waals surface area (Å²) in [7, 11) is 0. The van der Waals surface area contributed by atoms with E-state index < -0.39 is 18.0 Å². The van der Waals surface area contributed by atoms with Crippen LogP contribution in [0.25, 0.3) is 0 Å². The molecule has 7 heteroatoms. The molecule has 66 valence electrons. The summed E-state index contributed by atoms with van der Waals surface area (Å²) in [5.74, 6) is 3.49. The normalized spacial score (nSPS) is 11.1. The number of guanidine groups is 1. The summed E-state index contributed by atoms with van der Waals surface area (Å²) in [6.45, 7) is 1.34. The molecule has 0 radical (unpaired) electrons. The Labute approximate surface area is 70.0 Å². The first-order valence-electron chi connectivity index (χ1n) is 2.57. The highest BCUT2D eigenvalue weighted by molar-refractivity contribution is 5.85. The number of aliphatic carboxylic acids is 1. The van der Waals surface area contributed by atoms with Gasteiger partial charge in [-0.3, -0.25) is 10.4 Å². The predicted octanol–water partition coefficient (Wildman–Crippen LogP) is -1.05. The number of hydrazine groups is 1. The summed E-state index contributed by atoms with van der Waals surface area (Å²) in [5, 5.41) is 15.7. The van der Waals surface area contributed by atoms with Gasteiger partial charge in [-0.05, 0) is 6.92 Å². The van der Waals surface area contributed by atoms with Gasteiger partial charge in [-0.1, -0.05) is 0 Å². The summed E-state index contributed by atoms with van der Waals surface area (Å²) in [6, 6.07) is -0.961. The molecule has 1 atom stereocenters. The molecule has 0 aliphatic rings. The van der Waals surface area contributed by atoms with E-state index in [4.69, 9.17) is 22.1 Å². The molecule has 0 bridgehead atoms. The molecule has 0 saturated carbocycles. The molecule has 0 fully saturated rings. The fraction of sp³-hybridized carbons (Fsp3) is 0.500. The zero-order valence-electron chi connectivity index (χ0n) is 5.94. The number of nitrogens with two attached hydrogens (primary N) is 2. The number of nitrogens with zero attached hydrogens (tertiary/aromatic N) is 1. The Hall–Kier alpha value is -1.01. The average molecular weight is 183 g/mol. The molecule has 0 aliphatic carbocycles. The van der Waals surface area contributed by atoms with Crippen molar-refractivity contribution in [3.8, 4) is 0 Å². The van der Waals surface area contributed by atoms with Crippen molar-refractivity contribution in [3.05, 3.63) is 0 Å². The van der Waals surface area contributed by atoms with Crippen molar-refractivity contribution in [2.75, 3.05) is 0 Å². The van der Waals surface area contributed by atoms with Gasteiger partial charge in [0.15, 0.2) is 0 Å². The van der Waals surface area contributed by atoms with E-state index in [-0.39, 0.29) is 12.4 Å². The number of nitrogens with one attached hydrogen (secondary N) is 1. The fourth-order valence-electron chi connectivity index (χ4n) is 0.328. The molecule has 6 N–H and O–H groups in total. The molecule has 6 nitrogen and oxygen atoms in total. The summed E-state index contributed by atoms with van der Waals surface area (Å²) in [5.41, 5.74) is 4.90. The second kappa shape index (κ2) is 4.75. The van der Waals surface area contributed by atoms with E-state index in [1.54, 1.807) is 0 Å². The lowest BCUT2D eigenvalue weighted by Gasteiger charge is -2.19. The van der Waals surface area contributed by atoms with Gasteiger partial charge in [-0.15, -0.1) is 12.4 Å². The first-order valence-corrected chi connectivity index (χ1v) is 2.57. The average Bonchev–Trinajstić information content (AvgIpc) is 1.84. The van der Waals surface area contributed by atoms with E-state index in [1.165, 1.54) is 6.92 Å². The molecule has 0 aromatic rings. The quantitative estimate of drug-likeness (QED) is 0.188. The number of halogens is 1. The van der Waals surface area contributed by atoms with Crippen LogP contribution in [0.15, 0.2) is 0 Å². The van der Waals surface area contributed by atoms with Gasteiger partial charge in [0.1, 0.15) is 6.04 Å². The van der Waals surface area contributed by atoms with Crippen LogP contribution < -0.4 is 11.6 Å². The molecule has 0 aromatic heterocycles. The Morgan fingerprint density at radius 2 is 2.09 bits per heavy atom. The van der Waals surface area contributed by atoms with Crippen LogP contribution in [-0.4, -0.2) is 28.1 Å². The Balaban J connectivity index is 0. The van der Waals surface area contributed by atoms with E-state index >= 15 is 0 Å². The number of carboxylic acids is 1. The smallest absolute Gasteiger partial charge is 0.327 e. The molecule has 0 aromatic carbocycles. The van der Waals surface area contributed by atoms with Gasteiger partial charge in [-0.2, -0.15) is 0 Å². The number of rotatable bonds is 2. The van der Waals surface area contributed by atoms with E-state index in [2.05, 4.69) is 0 Å². The third-order valence-electron chi connectivity index (χ3n) is 1.05.